The fraction of sp³-hybridized carbons (Fsp3) is 0.312. The molecule has 0 atom stereocenters. The second kappa shape index (κ2) is 6.61. The molecule has 0 unspecified atom stereocenters. The molecule has 9 heteroatoms. The van der Waals surface area contributed by atoms with Gasteiger partial charge in [-0.3, -0.25) is 9.48 Å². The van der Waals surface area contributed by atoms with E-state index in [2.05, 4.69) is 15.1 Å². The van der Waals surface area contributed by atoms with Gasteiger partial charge in [0.1, 0.15) is 11.3 Å². The Kier molecular flexibility index (Phi) is 4.66. The number of benzene rings is 1. The maximum Gasteiger partial charge on any atom is 0.277 e. The van der Waals surface area contributed by atoms with Crippen molar-refractivity contribution in [3.8, 4) is 0 Å². The van der Waals surface area contributed by atoms with Crippen LogP contribution in [0.15, 0.2) is 34.0 Å². The Hall–Kier alpha value is -2.19. The highest BCUT2D eigenvalue weighted by atomic mass is 35.7. The summed E-state index contributed by atoms with van der Waals surface area (Å²) in [6.07, 6.45) is 1.91. The molecular weight excluding hydrogens is 364 g/mol. The monoisotopic (exact) mass is 380 g/mol. The third-order valence-corrected chi connectivity index (χ3v) is 5.20. The van der Waals surface area contributed by atoms with E-state index in [1.165, 1.54) is 16.8 Å². The molecular formula is C16H17ClN4O3S. The summed E-state index contributed by atoms with van der Waals surface area (Å²) in [5.41, 5.74) is 2.22. The number of H-pyrrole nitrogens is 1. The summed E-state index contributed by atoms with van der Waals surface area (Å²) in [7, 11) is 3.29. The molecule has 1 N–H and O–H groups in total. The number of aromatic nitrogens is 4. The molecule has 25 heavy (non-hydrogen) atoms. The highest BCUT2D eigenvalue weighted by Gasteiger charge is 2.15. The number of aromatic amines is 1. The first-order chi connectivity index (χ1) is 11.8. The quantitative estimate of drug-likeness (QED) is 0.684. The van der Waals surface area contributed by atoms with Gasteiger partial charge in [-0.05, 0) is 24.1 Å². The Morgan fingerprint density at radius 3 is 2.76 bits per heavy atom. The first kappa shape index (κ1) is 17.6. The molecule has 0 aliphatic rings. The van der Waals surface area contributed by atoms with Crippen LogP contribution in [-0.2, 0) is 28.9 Å². The van der Waals surface area contributed by atoms with Crippen LogP contribution in [0.4, 0.5) is 0 Å². The van der Waals surface area contributed by atoms with Crippen molar-refractivity contribution in [2.24, 2.45) is 7.05 Å². The molecule has 0 radical (unpaired) electrons. The maximum absolute atomic E-state index is 12.4. The molecule has 0 fully saturated rings. The zero-order valence-electron chi connectivity index (χ0n) is 13.8. The Morgan fingerprint density at radius 1 is 1.32 bits per heavy atom. The molecule has 132 valence electrons. The molecule has 7 nitrogen and oxygen atoms in total. The van der Waals surface area contributed by atoms with Gasteiger partial charge in [0.25, 0.3) is 14.6 Å². The van der Waals surface area contributed by atoms with Gasteiger partial charge in [-0.15, -0.1) is 0 Å². The maximum atomic E-state index is 12.4. The van der Waals surface area contributed by atoms with E-state index < -0.39 is 9.05 Å². The number of fused-ring (bicyclic) bond motifs is 1. The number of aryl methyl sites for hydroxylation is 2. The Balaban J connectivity index is 2.05. The number of nitrogens with zero attached hydrogens (tertiary/aromatic N) is 3. The van der Waals surface area contributed by atoms with Crippen molar-refractivity contribution in [2.45, 2.75) is 31.1 Å². The average Bonchev–Trinajstić information content (AvgIpc) is 2.83. The van der Waals surface area contributed by atoms with E-state index in [-0.39, 0.29) is 16.9 Å². The van der Waals surface area contributed by atoms with Gasteiger partial charge in [0, 0.05) is 24.2 Å². The SMILES string of the molecule is CCCc1nn(C)c2c(=O)[nH]c(Cc3cccc(S(=O)(=O)Cl)c3)nc12. The van der Waals surface area contributed by atoms with Gasteiger partial charge < -0.3 is 4.98 Å². The second-order valence-corrected chi connectivity index (χ2v) is 8.36. The van der Waals surface area contributed by atoms with Crippen LogP contribution in [0.2, 0.25) is 0 Å². The molecule has 1 aromatic carbocycles. The van der Waals surface area contributed by atoms with Gasteiger partial charge >= 0.3 is 0 Å². The van der Waals surface area contributed by atoms with Crippen molar-refractivity contribution in [1.82, 2.24) is 19.7 Å². The molecule has 3 rings (SSSR count). The highest BCUT2D eigenvalue weighted by Crippen LogP contribution is 2.18. The number of hydrogen-bond donors (Lipinski definition) is 1. The lowest BCUT2D eigenvalue weighted by molar-refractivity contribution is 0.609. The first-order valence-corrected chi connectivity index (χ1v) is 10.1. The summed E-state index contributed by atoms with van der Waals surface area (Å²) in [6, 6.07) is 6.26. The van der Waals surface area contributed by atoms with Crippen LogP contribution >= 0.6 is 10.7 Å². The number of halogens is 1. The molecule has 0 spiro atoms. The fourth-order valence-corrected chi connectivity index (χ4v) is 3.60. The predicted molar refractivity (Wildman–Crippen MR) is 95.4 cm³/mol. The molecule has 0 amide bonds. The largest absolute Gasteiger partial charge is 0.308 e. The van der Waals surface area contributed by atoms with Gasteiger partial charge in [0.15, 0.2) is 5.52 Å². The fourth-order valence-electron chi connectivity index (χ4n) is 2.78. The minimum Gasteiger partial charge on any atom is -0.308 e. The Labute approximate surface area is 149 Å². The summed E-state index contributed by atoms with van der Waals surface area (Å²) in [5, 5.41) is 4.37. The summed E-state index contributed by atoms with van der Waals surface area (Å²) in [4.78, 5) is 19.7. The van der Waals surface area contributed by atoms with Gasteiger partial charge in [-0.1, -0.05) is 25.5 Å². The Bertz CT molecular complexity index is 1100. The van der Waals surface area contributed by atoms with Crippen molar-refractivity contribution >= 4 is 30.8 Å². The topological polar surface area (TPSA) is 97.7 Å². The van der Waals surface area contributed by atoms with E-state index in [0.29, 0.717) is 22.4 Å². The summed E-state index contributed by atoms with van der Waals surface area (Å²) in [5.74, 6) is 0.451. The van der Waals surface area contributed by atoms with Crippen LogP contribution in [0.3, 0.4) is 0 Å². The molecule has 2 heterocycles. The van der Waals surface area contributed by atoms with Gasteiger partial charge in [0.05, 0.1) is 10.6 Å². The molecule has 0 saturated carbocycles. The van der Waals surface area contributed by atoms with Gasteiger partial charge in [0.2, 0.25) is 0 Å². The first-order valence-electron chi connectivity index (χ1n) is 7.78. The van der Waals surface area contributed by atoms with Crippen LogP contribution in [0, 0.1) is 0 Å². The second-order valence-electron chi connectivity index (χ2n) is 5.79. The van der Waals surface area contributed by atoms with E-state index in [1.54, 1.807) is 19.2 Å². The van der Waals surface area contributed by atoms with Crippen LogP contribution in [0.25, 0.3) is 11.0 Å². The smallest absolute Gasteiger partial charge is 0.277 e. The van der Waals surface area contributed by atoms with Crippen LogP contribution in [0.1, 0.15) is 30.4 Å². The van der Waals surface area contributed by atoms with Crippen molar-refractivity contribution in [2.75, 3.05) is 0 Å². The summed E-state index contributed by atoms with van der Waals surface area (Å²) < 4.78 is 24.5. The lowest BCUT2D eigenvalue weighted by atomic mass is 10.1. The average molecular weight is 381 g/mol. The van der Waals surface area contributed by atoms with Crippen molar-refractivity contribution in [3.05, 3.63) is 51.7 Å². The van der Waals surface area contributed by atoms with Crippen molar-refractivity contribution in [1.29, 1.82) is 0 Å². The number of rotatable bonds is 5. The summed E-state index contributed by atoms with van der Waals surface area (Å²) >= 11 is 0. The lowest BCUT2D eigenvalue weighted by Crippen LogP contribution is -2.14. The molecule has 2 aromatic heterocycles. The molecule has 0 bridgehead atoms. The predicted octanol–water partition coefficient (Wildman–Crippen LogP) is 2.13. The van der Waals surface area contributed by atoms with E-state index in [4.69, 9.17) is 10.7 Å². The minimum atomic E-state index is -3.80. The standard InChI is InChI=1S/C16H17ClN4O3S/c1-3-5-12-14-15(21(2)20-12)16(22)19-13(18-14)9-10-6-4-7-11(8-10)25(17,23)24/h4,6-8H,3,5,9H2,1-2H3,(H,18,19,22). The lowest BCUT2D eigenvalue weighted by Gasteiger charge is -2.04. The number of hydrogen-bond acceptors (Lipinski definition) is 5. The molecule has 3 aromatic rings. The molecule has 0 aliphatic heterocycles. The Morgan fingerprint density at radius 2 is 2.08 bits per heavy atom. The summed E-state index contributed by atoms with van der Waals surface area (Å²) in [6.45, 7) is 2.03. The zero-order chi connectivity index (χ0) is 18.2. The van der Waals surface area contributed by atoms with E-state index in [9.17, 15) is 13.2 Å². The minimum absolute atomic E-state index is 0.0168. The van der Waals surface area contributed by atoms with E-state index in [1.807, 2.05) is 6.92 Å². The molecule has 0 aliphatic carbocycles. The van der Waals surface area contributed by atoms with E-state index in [0.717, 1.165) is 18.5 Å². The number of nitrogens with one attached hydrogen (secondary N) is 1. The van der Waals surface area contributed by atoms with Crippen molar-refractivity contribution < 1.29 is 8.42 Å². The van der Waals surface area contributed by atoms with Gasteiger partial charge in [-0.25, -0.2) is 13.4 Å². The third kappa shape index (κ3) is 3.59. The van der Waals surface area contributed by atoms with Crippen LogP contribution < -0.4 is 5.56 Å². The highest BCUT2D eigenvalue weighted by molar-refractivity contribution is 8.13. The zero-order valence-corrected chi connectivity index (χ0v) is 15.4. The van der Waals surface area contributed by atoms with Crippen molar-refractivity contribution in [3.63, 3.8) is 0 Å². The normalized spacial score (nSPS) is 12.0. The third-order valence-electron chi connectivity index (χ3n) is 3.85. The van der Waals surface area contributed by atoms with Gasteiger partial charge in [-0.2, -0.15) is 5.10 Å². The van der Waals surface area contributed by atoms with Crippen LogP contribution in [-0.4, -0.2) is 28.2 Å². The van der Waals surface area contributed by atoms with E-state index >= 15 is 0 Å². The van der Waals surface area contributed by atoms with Crippen LogP contribution in [0.5, 0.6) is 0 Å². The molecule has 0 saturated heterocycles.